The van der Waals surface area contributed by atoms with Gasteiger partial charge < -0.3 is 16.2 Å². The van der Waals surface area contributed by atoms with Gasteiger partial charge in [0.15, 0.2) is 0 Å². The van der Waals surface area contributed by atoms with E-state index < -0.39 is 11.9 Å². The molecule has 2 aliphatic carbocycles. The summed E-state index contributed by atoms with van der Waals surface area (Å²) in [4.78, 5) is 22.6. The molecule has 2 saturated carbocycles. The first-order valence-electron chi connectivity index (χ1n) is 4.90. The van der Waals surface area contributed by atoms with Crippen LogP contribution in [0.1, 0.15) is 6.42 Å². The quantitative estimate of drug-likeness (QED) is 0.490. The van der Waals surface area contributed by atoms with E-state index in [-0.39, 0.29) is 35.7 Å². The van der Waals surface area contributed by atoms with Crippen molar-refractivity contribution in [3.05, 3.63) is 0 Å². The van der Waals surface area contributed by atoms with Crippen LogP contribution in [-0.4, -0.2) is 29.1 Å². The van der Waals surface area contributed by atoms with Gasteiger partial charge in [0.25, 0.3) is 0 Å². The van der Waals surface area contributed by atoms with Gasteiger partial charge in [0.1, 0.15) is 0 Å². The van der Waals surface area contributed by atoms with E-state index in [1.807, 2.05) is 0 Å². The van der Waals surface area contributed by atoms with Crippen molar-refractivity contribution < 1.29 is 14.7 Å². The van der Waals surface area contributed by atoms with Crippen LogP contribution in [0.3, 0.4) is 0 Å². The standard InChI is InChI=1S/C9H12N2O3/c10-6-2-1-3-4(5(2)9(13)14)8(12)11-7(3)6/h2-7H,1,10H2,(H,11,12)(H,13,14)/t2-,3+,4-,5-,6-,7-/m0/s1. The minimum absolute atomic E-state index is 0.00792. The minimum Gasteiger partial charge on any atom is -0.481 e. The van der Waals surface area contributed by atoms with Gasteiger partial charge in [-0.1, -0.05) is 0 Å². The fraction of sp³-hybridized carbons (Fsp3) is 0.778. The fourth-order valence-corrected chi connectivity index (χ4v) is 3.62. The normalized spacial score (nSPS) is 53.6. The number of amides is 1. The number of hydrogen-bond acceptors (Lipinski definition) is 3. The first-order valence-corrected chi connectivity index (χ1v) is 4.90. The average Bonchev–Trinajstić information content (AvgIpc) is 2.67. The van der Waals surface area contributed by atoms with Gasteiger partial charge in [0.05, 0.1) is 11.8 Å². The van der Waals surface area contributed by atoms with Gasteiger partial charge in [0, 0.05) is 12.1 Å². The number of nitrogens with two attached hydrogens (primary N) is 1. The monoisotopic (exact) mass is 196 g/mol. The highest BCUT2D eigenvalue weighted by Gasteiger charge is 2.65. The molecule has 76 valence electrons. The van der Waals surface area contributed by atoms with Crippen molar-refractivity contribution in [2.75, 3.05) is 0 Å². The van der Waals surface area contributed by atoms with Crippen LogP contribution < -0.4 is 11.1 Å². The highest BCUT2D eigenvalue weighted by atomic mass is 16.4. The van der Waals surface area contributed by atoms with Gasteiger partial charge in [-0.15, -0.1) is 0 Å². The van der Waals surface area contributed by atoms with Gasteiger partial charge in [-0.05, 0) is 18.3 Å². The van der Waals surface area contributed by atoms with Gasteiger partial charge in [-0.3, -0.25) is 9.59 Å². The Morgan fingerprint density at radius 2 is 2.21 bits per heavy atom. The summed E-state index contributed by atoms with van der Waals surface area (Å²) in [7, 11) is 0. The van der Waals surface area contributed by atoms with E-state index in [0.717, 1.165) is 6.42 Å². The Labute approximate surface area is 80.6 Å². The number of hydrogen-bond donors (Lipinski definition) is 3. The van der Waals surface area contributed by atoms with Crippen LogP contribution in [0.2, 0.25) is 0 Å². The zero-order chi connectivity index (χ0) is 10.0. The molecule has 0 unspecified atom stereocenters. The molecular formula is C9H12N2O3. The highest BCUT2D eigenvalue weighted by molar-refractivity contribution is 5.89. The molecule has 1 aliphatic heterocycles. The van der Waals surface area contributed by atoms with Gasteiger partial charge >= 0.3 is 5.97 Å². The largest absolute Gasteiger partial charge is 0.481 e. The number of carboxylic acids is 1. The van der Waals surface area contributed by atoms with Crippen molar-refractivity contribution in [1.29, 1.82) is 0 Å². The summed E-state index contributed by atoms with van der Waals surface area (Å²) in [6.45, 7) is 0. The molecule has 1 heterocycles. The molecule has 3 aliphatic rings. The molecule has 0 aromatic rings. The zero-order valence-corrected chi connectivity index (χ0v) is 7.51. The first-order chi connectivity index (χ1) is 6.61. The second-order valence-corrected chi connectivity index (χ2v) is 4.56. The maximum absolute atomic E-state index is 11.5. The third-order valence-corrected chi connectivity index (χ3v) is 4.12. The lowest BCUT2D eigenvalue weighted by Crippen LogP contribution is -2.47. The van der Waals surface area contributed by atoms with Crippen LogP contribution in [0.4, 0.5) is 0 Å². The molecule has 3 rings (SSSR count). The molecule has 1 saturated heterocycles. The lowest BCUT2D eigenvalue weighted by Gasteiger charge is -2.27. The maximum atomic E-state index is 11.5. The summed E-state index contributed by atoms with van der Waals surface area (Å²) in [6, 6.07) is -0.128. The van der Waals surface area contributed by atoms with Crippen molar-refractivity contribution in [2.24, 2.45) is 29.4 Å². The third kappa shape index (κ3) is 0.706. The lowest BCUT2D eigenvalue weighted by molar-refractivity contribution is -0.147. The number of carbonyl (C=O) groups is 2. The van der Waals surface area contributed by atoms with Crippen LogP contribution in [-0.2, 0) is 9.59 Å². The fourth-order valence-electron chi connectivity index (χ4n) is 3.62. The molecule has 3 fully saturated rings. The predicted molar refractivity (Wildman–Crippen MR) is 46.1 cm³/mol. The molecule has 0 aromatic heterocycles. The summed E-state index contributed by atoms with van der Waals surface area (Å²) >= 11 is 0. The molecule has 14 heavy (non-hydrogen) atoms. The van der Waals surface area contributed by atoms with E-state index in [0.29, 0.717) is 0 Å². The average molecular weight is 196 g/mol. The van der Waals surface area contributed by atoms with Crippen molar-refractivity contribution in [3.63, 3.8) is 0 Å². The number of fused-ring (bicyclic) bond motifs is 1. The Hall–Kier alpha value is -1.10. The van der Waals surface area contributed by atoms with E-state index in [1.54, 1.807) is 0 Å². The van der Waals surface area contributed by atoms with E-state index in [1.165, 1.54) is 0 Å². The number of nitrogens with one attached hydrogen (secondary N) is 1. The van der Waals surface area contributed by atoms with Gasteiger partial charge in [-0.2, -0.15) is 0 Å². The van der Waals surface area contributed by atoms with Crippen molar-refractivity contribution in [1.82, 2.24) is 5.32 Å². The van der Waals surface area contributed by atoms with E-state index in [2.05, 4.69) is 5.32 Å². The molecule has 1 amide bonds. The minimum atomic E-state index is -0.867. The molecule has 2 bridgehead atoms. The van der Waals surface area contributed by atoms with Crippen LogP contribution >= 0.6 is 0 Å². The van der Waals surface area contributed by atoms with Crippen molar-refractivity contribution in [2.45, 2.75) is 18.5 Å². The maximum Gasteiger partial charge on any atom is 0.307 e. The Morgan fingerprint density at radius 1 is 1.50 bits per heavy atom. The van der Waals surface area contributed by atoms with Crippen LogP contribution in [0.5, 0.6) is 0 Å². The topological polar surface area (TPSA) is 92.4 Å². The van der Waals surface area contributed by atoms with E-state index in [4.69, 9.17) is 10.8 Å². The molecule has 0 radical (unpaired) electrons. The molecule has 5 heteroatoms. The summed E-state index contributed by atoms with van der Waals surface area (Å²) in [5.74, 6) is -1.68. The molecule has 6 atom stereocenters. The SMILES string of the molecule is N[C@H]1[C@H]2C[C@H]3[C@@H]1NC(=O)[C@@H]3[C@H]2C(=O)O. The highest BCUT2D eigenvalue weighted by Crippen LogP contribution is 2.54. The smallest absolute Gasteiger partial charge is 0.307 e. The Morgan fingerprint density at radius 3 is 2.86 bits per heavy atom. The lowest BCUT2D eigenvalue weighted by atomic mass is 9.78. The third-order valence-electron chi connectivity index (χ3n) is 4.12. The Kier molecular flexibility index (Phi) is 1.34. The van der Waals surface area contributed by atoms with E-state index in [9.17, 15) is 9.59 Å². The van der Waals surface area contributed by atoms with Gasteiger partial charge in [0.2, 0.25) is 5.91 Å². The predicted octanol–water partition coefficient (Wildman–Crippen LogP) is -1.22. The molecule has 5 nitrogen and oxygen atoms in total. The zero-order valence-electron chi connectivity index (χ0n) is 7.51. The summed E-state index contributed by atoms with van der Waals surface area (Å²) in [6.07, 6.45) is 0.798. The second kappa shape index (κ2) is 2.28. The summed E-state index contributed by atoms with van der Waals surface area (Å²) < 4.78 is 0. The van der Waals surface area contributed by atoms with Crippen molar-refractivity contribution >= 4 is 11.9 Å². The van der Waals surface area contributed by atoms with E-state index >= 15 is 0 Å². The van der Waals surface area contributed by atoms with Crippen LogP contribution in [0.15, 0.2) is 0 Å². The Bertz CT molecular complexity index is 330. The number of carbonyl (C=O) groups excluding carboxylic acids is 1. The molecule has 0 spiro atoms. The molecular weight excluding hydrogens is 184 g/mol. The number of rotatable bonds is 1. The number of carboxylic acid groups (broad SMARTS) is 1. The second-order valence-electron chi connectivity index (χ2n) is 4.56. The molecule has 0 aromatic carbocycles. The first kappa shape index (κ1) is 8.23. The molecule has 4 N–H and O–H groups in total. The van der Waals surface area contributed by atoms with Crippen molar-refractivity contribution in [3.8, 4) is 0 Å². The summed E-state index contributed by atoms with van der Waals surface area (Å²) in [5, 5.41) is 11.9. The van der Waals surface area contributed by atoms with Gasteiger partial charge in [-0.25, -0.2) is 0 Å². The summed E-state index contributed by atoms with van der Waals surface area (Å²) in [5.41, 5.74) is 5.91. The van der Waals surface area contributed by atoms with Crippen LogP contribution in [0, 0.1) is 23.7 Å². The Balaban J connectivity index is 2.04. The number of aliphatic carboxylic acids is 1. The van der Waals surface area contributed by atoms with Crippen LogP contribution in [0.25, 0.3) is 0 Å².